The lowest BCUT2D eigenvalue weighted by atomic mass is 10.00. The molecule has 0 spiro atoms. The molecule has 1 aromatic rings. The van der Waals surface area contributed by atoms with Gasteiger partial charge in [-0.25, -0.2) is 8.42 Å². The molecule has 2 amide bonds. The molecule has 2 aliphatic rings. The summed E-state index contributed by atoms with van der Waals surface area (Å²) in [5.74, 6) is -1.78. The Bertz CT molecular complexity index is 695. The molecule has 0 radical (unpaired) electrons. The standard InChI is InChI=1S/C15H18N2O5S/c1-22-8-7-17-14(18)12-9-16(10-13(12)15(17)19)23(20,21)11-5-3-2-4-6-11/h2-6,12-13H,7-10H2,1H3/t12-,13+. The molecule has 0 aliphatic carbocycles. The molecule has 2 aliphatic heterocycles. The molecule has 2 atom stereocenters. The average Bonchev–Trinajstić information content (AvgIpc) is 3.09. The van der Waals surface area contributed by atoms with Crippen LogP contribution in [-0.2, 0) is 24.3 Å². The number of amides is 2. The predicted octanol–water partition coefficient (Wildman–Crippen LogP) is -0.0615. The Morgan fingerprint density at radius 1 is 1.09 bits per heavy atom. The van der Waals surface area contributed by atoms with Crippen LogP contribution in [0.1, 0.15) is 0 Å². The third kappa shape index (κ3) is 2.66. The van der Waals surface area contributed by atoms with Gasteiger partial charge in [0, 0.05) is 20.2 Å². The third-order valence-corrected chi connectivity index (χ3v) is 6.20. The van der Waals surface area contributed by atoms with Crippen LogP contribution in [0.2, 0.25) is 0 Å². The summed E-state index contributed by atoms with van der Waals surface area (Å²) in [6.07, 6.45) is 0. The molecule has 0 aromatic heterocycles. The van der Waals surface area contributed by atoms with Crippen molar-refractivity contribution in [3.05, 3.63) is 30.3 Å². The Morgan fingerprint density at radius 2 is 1.65 bits per heavy atom. The van der Waals surface area contributed by atoms with Crippen molar-refractivity contribution in [2.45, 2.75) is 4.90 Å². The first-order chi connectivity index (χ1) is 11.0. The Morgan fingerprint density at radius 3 is 2.17 bits per heavy atom. The van der Waals surface area contributed by atoms with Gasteiger partial charge in [0.15, 0.2) is 0 Å². The lowest BCUT2D eigenvalue weighted by Crippen LogP contribution is -2.39. The van der Waals surface area contributed by atoms with Gasteiger partial charge in [-0.1, -0.05) is 18.2 Å². The fraction of sp³-hybridized carbons (Fsp3) is 0.467. The van der Waals surface area contributed by atoms with Gasteiger partial charge in [0.05, 0.1) is 29.9 Å². The minimum atomic E-state index is -3.68. The van der Waals surface area contributed by atoms with E-state index >= 15 is 0 Å². The van der Waals surface area contributed by atoms with Crippen LogP contribution in [0.25, 0.3) is 0 Å². The second-order valence-electron chi connectivity index (χ2n) is 5.67. The first kappa shape index (κ1) is 16.1. The van der Waals surface area contributed by atoms with Gasteiger partial charge in [-0.15, -0.1) is 0 Å². The maximum absolute atomic E-state index is 12.6. The molecule has 0 saturated carbocycles. The van der Waals surface area contributed by atoms with E-state index in [9.17, 15) is 18.0 Å². The monoisotopic (exact) mass is 338 g/mol. The number of methoxy groups -OCH3 is 1. The summed E-state index contributed by atoms with van der Waals surface area (Å²) in [7, 11) is -2.18. The van der Waals surface area contributed by atoms with Crippen molar-refractivity contribution >= 4 is 21.8 Å². The summed E-state index contributed by atoms with van der Waals surface area (Å²) in [6.45, 7) is 0.599. The van der Waals surface area contributed by atoms with Crippen LogP contribution in [-0.4, -0.2) is 62.8 Å². The number of hydrogen-bond acceptors (Lipinski definition) is 5. The van der Waals surface area contributed by atoms with Crippen LogP contribution in [0.3, 0.4) is 0 Å². The number of benzene rings is 1. The van der Waals surface area contributed by atoms with E-state index in [1.54, 1.807) is 18.2 Å². The highest BCUT2D eigenvalue weighted by Gasteiger charge is 2.54. The summed E-state index contributed by atoms with van der Waals surface area (Å²) in [4.78, 5) is 26.0. The number of carbonyl (C=O) groups excluding carboxylic acids is 2. The van der Waals surface area contributed by atoms with Crippen molar-refractivity contribution in [2.24, 2.45) is 11.8 Å². The quantitative estimate of drug-likeness (QED) is 0.702. The van der Waals surface area contributed by atoms with Gasteiger partial charge in [-0.3, -0.25) is 14.5 Å². The molecule has 8 heteroatoms. The number of likely N-dealkylation sites (tertiary alicyclic amines) is 1. The summed E-state index contributed by atoms with van der Waals surface area (Å²) in [6, 6.07) is 8.05. The van der Waals surface area contributed by atoms with E-state index in [0.717, 1.165) is 0 Å². The van der Waals surface area contributed by atoms with Crippen LogP contribution in [0.15, 0.2) is 35.2 Å². The molecule has 2 fully saturated rings. The highest BCUT2D eigenvalue weighted by molar-refractivity contribution is 7.89. The molecule has 0 N–H and O–H groups in total. The summed E-state index contributed by atoms with van der Waals surface area (Å²) in [5.41, 5.74) is 0. The molecule has 7 nitrogen and oxygen atoms in total. The highest BCUT2D eigenvalue weighted by atomic mass is 32.2. The lowest BCUT2D eigenvalue weighted by Gasteiger charge is -2.20. The SMILES string of the molecule is COCCN1C(=O)[C@H]2CN(S(=O)(=O)c3ccccc3)C[C@H]2C1=O. The number of ether oxygens (including phenoxy) is 1. The van der Waals surface area contributed by atoms with Gasteiger partial charge < -0.3 is 4.74 Å². The second kappa shape index (κ2) is 6.03. The molecular formula is C15H18N2O5S. The van der Waals surface area contributed by atoms with E-state index < -0.39 is 21.9 Å². The number of imide groups is 1. The molecular weight excluding hydrogens is 320 g/mol. The molecule has 3 rings (SSSR count). The van der Waals surface area contributed by atoms with Crippen LogP contribution in [0, 0.1) is 11.8 Å². The average molecular weight is 338 g/mol. The molecule has 2 saturated heterocycles. The zero-order valence-corrected chi connectivity index (χ0v) is 13.5. The zero-order chi connectivity index (χ0) is 16.6. The van der Waals surface area contributed by atoms with Crippen LogP contribution in [0.5, 0.6) is 0 Å². The fourth-order valence-corrected chi connectivity index (χ4v) is 4.63. The van der Waals surface area contributed by atoms with Crippen LogP contribution in [0.4, 0.5) is 0 Å². The minimum Gasteiger partial charge on any atom is -0.383 e. The van der Waals surface area contributed by atoms with Crippen molar-refractivity contribution < 1.29 is 22.7 Å². The van der Waals surface area contributed by atoms with Gasteiger partial charge in [0.25, 0.3) is 0 Å². The van der Waals surface area contributed by atoms with E-state index in [2.05, 4.69) is 0 Å². The van der Waals surface area contributed by atoms with E-state index in [1.165, 1.54) is 28.4 Å². The van der Waals surface area contributed by atoms with Gasteiger partial charge in [0.2, 0.25) is 21.8 Å². The molecule has 23 heavy (non-hydrogen) atoms. The first-order valence-electron chi connectivity index (χ1n) is 7.36. The summed E-state index contributed by atoms with van der Waals surface area (Å²) >= 11 is 0. The van der Waals surface area contributed by atoms with Gasteiger partial charge in [-0.05, 0) is 12.1 Å². The molecule has 124 valence electrons. The van der Waals surface area contributed by atoms with Crippen molar-refractivity contribution in [2.75, 3.05) is 33.4 Å². The van der Waals surface area contributed by atoms with Crippen molar-refractivity contribution in [3.8, 4) is 0 Å². The number of carbonyl (C=O) groups is 2. The van der Waals surface area contributed by atoms with Gasteiger partial charge >= 0.3 is 0 Å². The van der Waals surface area contributed by atoms with Crippen molar-refractivity contribution in [1.82, 2.24) is 9.21 Å². The van der Waals surface area contributed by atoms with E-state index in [-0.39, 0.29) is 43.0 Å². The molecule has 0 unspecified atom stereocenters. The summed E-state index contributed by atoms with van der Waals surface area (Å²) in [5, 5.41) is 0. The number of rotatable bonds is 5. The Hall–Kier alpha value is -1.77. The third-order valence-electron chi connectivity index (χ3n) is 4.35. The second-order valence-corrected chi connectivity index (χ2v) is 7.61. The fourth-order valence-electron chi connectivity index (χ4n) is 3.12. The summed E-state index contributed by atoms with van der Waals surface area (Å²) < 4.78 is 31.3. The van der Waals surface area contributed by atoms with Crippen molar-refractivity contribution in [3.63, 3.8) is 0 Å². The Kier molecular flexibility index (Phi) is 4.22. The smallest absolute Gasteiger partial charge is 0.243 e. The Labute approximate surface area is 134 Å². The highest BCUT2D eigenvalue weighted by Crippen LogP contribution is 2.35. The largest absolute Gasteiger partial charge is 0.383 e. The maximum atomic E-state index is 12.6. The number of sulfonamides is 1. The van der Waals surface area contributed by atoms with Gasteiger partial charge in [0.1, 0.15) is 0 Å². The molecule has 0 bridgehead atoms. The van der Waals surface area contributed by atoms with Gasteiger partial charge in [-0.2, -0.15) is 4.31 Å². The van der Waals surface area contributed by atoms with E-state index in [0.29, 0.717) is 0 Å². The molecule has 2 heterocycles. The maximum Gasteiger partial charge on any atom is 0.243 e. The molecule has 1 aromatic carbocycles. The first-order valence-corrected chi connectivity index (χ1v) is 8.80. The van der Waals surface area contributed by atoms with E-state index in [4.69, 9.17) is 4.74 Å². The van der Waals surface area contributed by atoms with Crippen LogP contribution < -0.4 is 0 Å². The van der Waals surface area contributed by atoms with Crippen molar-refractivity contribution in [1.29, 1.82) is 0 Å². The van der Waals surface area contributed by atoms with Crippen LogP contribution >= 0.6 is 0 Å². The topological polar surface area (TPSA) is 84.0 Å². The predicted molar refractivity (Wildman–Crippen MR) is 80.8 cm³/mol. The number of fused-ring (bicyclic) bond motifs is 1. The number of nitrogens with zero attached hydrogens (tertiary/aromatic N) is 2. The number of hydrogen-bond donors (Lipinski definition) is 0. The lowest BCUT2D eigenvalue weighted by molar-refractivity contribution is -0.141. The Balaban J connectivity index is 1.78. The normalized spacial score (nSPS) is 25.2. The minimum absolute atomic E-state index is 0.0515. The van der Waals surface area contributed by atoms with E-state index in [1.807, 2.05) is 0 Å². The zero-order valence-electron chi connectivity index (χ0n) is 12.7.